The van der Waals surface area contributed by atoms with Gasteiger partial charge < -0.3 is 9.73 Å². The number of furan rings is 1. The maximum atomic E-state index is 14.0. The fourth-order valence-electron chi connectivity index (χ4n) is 2.84. The molecule has 3 heterocycles. The maximum absolute atomic E-state index is 14.0. The van der Waals surface area contributed by atoms with Crippen LogP contribution in [0.3, 0.4) is 0 Å². The van der Waals surface area contributed by atoms with Crippen molar-refractivity contribution in [3.05, 3.63) is 63.0 Å². The summed E-state index contributed by atoms with van der Waals surface area (Å²) in [6.07, 6.45) is 1.56. The normalized spacial score (nSPS) is 11.1. The standard InChI is InChI=1S/C19H13BrFN3O2S/c1-9-15-10(2)22-17(14-4-3-7-26-14)24-19(15)27-16(9)18(25)23-13-6-5-11(20)8-12(13)21/h3-8H,1-2H3,(H,23,25). The number of hydrogen-bond donors (Lipinski definition) is 1. The number of nitrogens with one attached hydrogen (secondary N) is 1. The first-order chi connectivity index (χ1) is 12.9. The Morgan fingerprint density at radius 2 is 2.07 bits per heavy atom. The summed E-state index contributed by atoms with van der Waals surface area (Å²) in [5, 5.41) is 3.46. The second-order valence-corrected chi connectivity index (χ2v) is 7.84. The summed E-state index contributed by atoms with van der Waals surface area (Å²) in [4.78, 5) is 22.9. The van der Waals surface area contributed by atoms with Crippen LogP contribution in [0.1, 0.15) is 20.9 Å². The highest BCUT2D eigenvalue weighted by Gasteiger charge is 2.21. The number of amides is 1. The van der Waals surface area contributed by atoms with Crippen LogP contribution in [0.15, 0.2) is 45.5 Å². The van der Waals surface area contributed by atoms with E-state index in [2.05, 4.69) is 31.2 Å². The SMILES string of the molecule is Cc1nc(-c2ccco2)nc2sc(C(=O)Nc3ccc(Br)cc3F)c(C)c12. The van der Waals surface area contributed by atoms with Gasteiger partial charge in [-0.2, -0.15) is 0 Å². The van der Waals surface area contributed by atoms with Crippen LogP contribution in [0.25, 0.3) is 21.8 Å². The molecule has 0 radical (unpaired) electrons. The Balaban J connectivity index is 1.74. The van der Waals surface area contributed by atoms with Gasteiger partial charge in [0.15, 0.2) is 11.6 Å². The summed E-state index contributed by atoms with van der Waals surface area (Å²) >= 11 is 4.45. The Kier molecular flexibility index (Phi) is 4.53. The predicted octanol–water partition coefficient (Wildman–Crippen LogP) is 5.72. The summed E-state index contributed by atoms with van der Waals surface area (Å²) in [7, 11) is 0. The number of carbonyl (C=O) groups excluding carboxylic acids is 1. The van der Waals surface area contributed by atoms with Gasteiger partial charge in [-0.05, 0) is 49.7 Å². The Morgan fingerprint density at radius 3 is 2.78 bits per heavy atom. The van der Waals surface area contributed by atoms with Gasteiger partial charge in [-0.25, -0.2) is 14.4 Å². The fourth-order valence-corrected chi connectivity index (χ4v) is 4.30. The molecule has 0 saturated heterocycles. The first-order valence-electron chi connectivity index (χ1n) is 8.02. The van der Waals surface area contributed by atoms with E-state index in [1.54, 1.807) is 24.5 Å². The zero-order valence-electron chi connectivity index (χ0n) is 14.3. The van der Waals surface area contributed by atoms with Crippen molar-refractivity contribution in [3.8, 4) is 11.6 Å². The van der Waals surface area contributed by atoms with Gasteiger partial charge in [0.2, 0.25) is 0 Å². The highest BCUT2D eigenvalue weighted by molar-refractivity contribution is 9.10. The van der Waals surface area contributed by atoms with E-state index in [0.717, 1.165) is 16.6 Å². The lowest BCUT2D eigenvalue weighted by Gasteiger charge is -2.06. The molecule has 4 rings (SSSR count). The van der Waals surface area contributed by atoms with Crippen molar-refractivity contribution in [1.29, 1.82) is 0 Å². The highest BCUT2D eigenvalue weighted by Crippen LogP contribution is 2.33. The molecule has 1 N–H and O–H groups in total. The quantitative estimate of drug-likeness (QED) is 0.437. The summed E-state index contributed by atoms with van der Waals surface area (Å²) in [6, 6.07) is 8.04. The topological polar surface area (TPSA) is 68.0 Å². The van der Waals surface area contributed by atoms with E-state index < -0.39 is 5.82 Å². The van der Waals surface area contributed by atoms with E-state index in [1.807, 2.05) is 13.8 Å². The molecule has 0 aliphatic carbocycles. The molecule has 0 aliphatic heterocycles. The number of carbonyl (C=O) groups is 1. The Bertz CT molecular complexity index is 1170. The molecule has 0 aliphatic rings. The molecule has 0 unspecified atom stereocenters. The molecular weight excluding hydrogens is 433 g/mol. The summed E-state index contributed by atoms with van der Waals surface area (Å²) in [5.41, 5.74) is 1.65. The zero-order valence-corrected chi connectivity index (χ0v) is 16.7. The van der Waals surface area contributed by atoms with E-state index in [-0.39, 0.29) is 11.6 Å². The van der Waals surface area contributed by atoms with Gasteiger partial charge in [0.1, 0.15) is 10.6 Å². The average Bonchev–Trinajstić information content (AvgIpc) is 3.26. The minimum absolute atomic E-state index is 0.124. The largest absolute Gasteiger partial charge is 0.461 e. The van der Waals surface area contributed by atoms with Crippen molar-refractivity contribution < 1.29 is 13.6 Å². The molecule has 27 heavy (non-hydrogen) atoms. The van der Waals surface area contributed by atoms with Crippen molar-refractivity contribution in [1.82, 2.24) is 9.97 Å². The number of benzene rings is 1. The monoisotopic (exact) mass is 445 g/mol. The summed E-state index contributed by atoms with van der Waals surface area (Å²) in [6.45, 7) is 3.71. The van der Waals surface area contributed by atoms with Crippen LogP contribution in [0, 0.1) is 19.7 Å². The van der Waals surface area contributed by atoms with Crippen LogP contribution in [0.5, 0.6) is 0 Å². The second-order valence-electron chi connectivity index (χ2n) is 5.92. The molecule has 0 atom stereocenters. The second kappa shape index (κ2) is 6.86. The lowest BCUT2D eigenvalue weighted by molar-refractivity contribution is 0.102. The first-order valence-corrected chi connectivity index (χ1v) is 9.63. The van der Waals surface area contributed by atoms with Gasteiger partial charge in [-0.15, -0.1) is 11.3 Å². The van der Waals surface area contributed by atoms with Gasteiger partial charge in [0, 0.05) is 9.86 Å². The Labute approximate surface area is 166 Å². The van der Waals surface area contributed by atoms with E-state index >= 15 is 0 Å². The van der Waals surface area contributed by atoms with E-state index in [9.17, 15) is 9.18 Å². The number of hydrogen-bond acceptors (Lipinski definition) is 5. The maximum Gasteiger partial charge on any atom is 0.266 e. The van der Waals surface area contributed by atoms with Crippen LogP contribution in [-0.2, 0) is 0 Å². The number of halogens is 2. The third kappa shape index (κ3) is 3.26. The van der Waals surface area contributed by atoms with Crippen molar-refractivity contribution >= 4 is 49.1 Å². The molecule has 0 spiro atoms. The van der Waals surface area contributed by atoms with Gasteiger partial charge in [-0.1, -0.05) is 15.9 Å². The Morgan fingerprint density at radius 1 is 1.26 bits per heavy atom. The number of rotatable bonds is 3. The number of nitrogens with zero attached hydrogens (tertiary/aromatic N) is 2. The van der Waals surface area contributed by atoms with E-state index in [1.165, 1.54) is 23.5 Å². The van der Waals surface area contributed by atoms with Crippen LogP contribution >= 0.6 is 27.3 Å². The lowest BCUT2D eigenvalue weighted by atomic mass is 10.1. The molecule has 8 heteroatoms. The molecule has 1 amide bonds. The van der Waals surface area contributed by atoms with Crippen LogP contribution < -0.4 is 5.32 Å². The number of aryl methyl sites for hydroxylation is 2. The molecule has 0 fully saturated rings. The molecule has 0 saturated carbocycles. The fraction of sp³-hybridized carbons (Fsp3) is 0.105. The van der Waals surface area contributed by atoms with Gasteiger partial charge in [0.25, 0.3) is 5.91 Å². The van der Waals surface area contributed by atoms with Crippen molar-refractivity contribution in [2.45, 2.75) is 13.8 Å². The first kappa shape index (κ1) is 17.8. The summed E-state index contributed by atoms with van der Waals surface area (Å²) < 4.78 is 20.0. The minimum Gasteiger partial charge on any atom is -0.461 e. The zero-order chi connectivity index (χ0) is 19.1. The van der Waals surface area contributed by atoms with Gasteiger partial charge in [-0.3, -0.25) is 4.79 Å². The number of thiophene rings is 1. The number of anilines is 1. The van der Waals surface area contributed by atoms with Gasteiger partial charge in [0.05, 0.1) is 22.5 Å². The number of fused-ring (bicyclic) bond motifs is 1. The third-order valence-corrected chi connectivity index (χ3v) is 5.78. The van der Waals surface area contributed by atoms with Crippen LogP contribution in [-0.4, -0.2) is 15.9 Å². The average molecular weight is 446 g/mol. The van der Waals surface area contributed by atoms with Crippen molar-refractivity contribution in [3.63, 3.8) is 0 Å². The van der Waals surface area contributed by atoms with E-state index in [0.29, 0.717) is 25.8 Å². The predicted molar refractivity (Wildman–Crippen MR) is 107 cm³/mol. The lowest BCUT2D eigenvalue weighted by Crippen LogP contribution is -2.12. The molecule has 4 aromatic rings. The summed E-state index contributed by atoms with van der Waals surface area (Å²) in [5.74, 6) is 0.148. The smallest absolute Gasteiger partial charge is 0.266 e. The number of aromatic nitrogens is 2. The van der Waals surface area contributed by atoms with Crippen LogP contribution in [0.4, 0.5) is 10.1 Å². The molecule has 0 bridgehead atoms. The third-order valence-electron chi connectivity index (χ3n) is 4.10. The van der Waals surface area contributed by atoms with Crippen LogP contribution in [0.2, 0.25) is 0 Å². The molecule has 136 valence electrons. The molecule has 1 aromatic carbocycles. The van der Waals surface area contributed by atoms with Crippen molar-refractivity contribution in [2.24, 2.45) is 0 Å². The molecular formula is C19H13BrFN3O2S. The Hall–Kier alpha value is -2.58. The molecule has 5 nitrogen and oxygen atoms in total. The minimum atomic E-state index is -0.507. The highest BCUT2D eigenvalue weighted by atomic mass is 79.9. The van der Waals surface area contributed by atoms with E-state index in [4.69, 9.17) is 4.42 Å². The van der Waals surface area contributed by atoms with Gasteiger partial charge >= 0.3 is 0 Å². The molecule has 3 aromatic heterocycles. The van der Waals surface area contributed by atoms with Crippen molar-refractivity contribution in [2.75, 3.05) is 5.32 Å².